The van der Waals surface area contributed by atoms with Gasteiger partial charge in [-0.15, -0.1) is 0 Å². The Morgan fingerprint density at radius 2 is 1.68 bits per heavy atom. The van der Waals surface area contributed by atoms with E-state index in [4.69, 9.17) is 0 Å². The maximum Gasteiger partial charge on any atom is 0.184 e. The van der Waals surface area contributed by atoms with Crippen molar-refractivity contribution in [3.05, 3.63) is 54.2 Å². The fourth-order valence-corrected chi connectivity index (χ4v) is 2.99. The van der Waals surface area contributed by atoms with Gasteiger partial charge in [0.25, 0.3) is 0 Å². The lowest BCUT2D eigenvalue weighted by Crippen LogP contribution is -2.12. The van der Waals surface area contributed by atoms with Gasteiger partial charge in [0, 0.05) is 14.1 Å². The average Bonchev–Trinajstić information content (AvgIpc) is 2.39. The van der Waals surface area contributed by atoms with Crippen LogP contribution in [0, 0.1) is 0 Å². The second kappa shape index (κ2) is 5.40. The smallest absolute Gasteiger partial charge is 0.184 e. The number of hydrogen-bond donors (Lipinski definition) is 0. The molecule has 0 N–H and O–H groups in total. The van der Waals surface area contributed by atoms with Crippen molar-refractivity contribution in [3.63, 3.8) is 0 Å². The zero-order valence-corrected chi connectivity index (χ0v) is 11.8. The van der Waals surface area contributed by atoms with E-state index in [0.717, 1.165) is 5.82 Å². The first-order valence-electron chi connectivity index (χ1n) is 5.90. The van der Waals surface area contributed by atoms with E-state index in [1.54, 1.807) is 36.4 Å². The molecule has 0 unspecified atom stereocenters. The third-order valence-corrected chi connectivity index (χ3v) is 4.36. The molecule has 0 amide bonds. The average molecular weight is 276 g/mol. The van der Waals surface area contributed by atoms with E-state index in [0.29, 0.717) is 10.6 Å². The van der Waals surface area contributed by atoms with Crippen LogP contribution in [0.5, 0.6) is 0 Å². The van der Waals surface area contributed by atoms with Crippen molar-refractivity contribution in [2.24, 2.45) is 0 Å². The lowest BCUT2D eigenvalue weighted by atomic mass is 10.3. The van der Waals surface area contributed by atoms with Gasteiger partial charge in [-0.05, 0) is 24.3 Å². The summed E-state index contributed by atoms with van der Waals surface area (Å²) in [6.45, 7) is 0. The van der Waals surface area contributed by atoms with E-state index in [2.05, 4.69) is 4.98 Å². The first-order chi connectivity index (χ1) is 8.99. The number of pyridine rings is 1. The van der Waals surface area contributed by atoms with Crippen LogP contribution >= 0.6 is 0 Å². The van der Waals surface area contributed by atoms with Crippen molar-refractivity contribution in [1.29, 1.82) is 0 Å². The highest BCUT2D eigenvalue weighted by Crippen LogP contribution is 2.16. The van der Waals surface area contributed by atoms with Gasteiger partial charge in [0.05, 0.1) is 16.3 Å². The molecule has 1 aromatic heterocycles. The Balaban J connectivity index is 2.29. The molecule has 0 aliphatic carbocycles. The second-order valence-electron chi connectivity index (χ2n) is 4.45. The number of sulfone groups is 1. The van der Waals surface area contributed by atoms with Crippen molar-refractivity contribution in [1.82, 2.24) is 4.98 Å². The third-order valence-electron chi connectivity index (χ3n) is 2.69. The molecule has 0 spiro atoms. The molecule has 0 saturated heterocycles. The minimum absolute atomic E-state index is 0.0846. The zero-order chi connectivity index (χ0) is 13.9. The first kappa shape index (κ1) is 13.5. The summed E-state index contributed by atoms with van der Waals surface area (Å²) in [5.41, 5.74) is 0.551. The monoisotopic (exact) mass is 276 g/mol. The van der Waals surface area contributed by atoms with E-state index >= 15 is 0 Å². The Kier molecular flexibility index (Phi) is 3.85. The molecule has 1 aromatic carbocycles. The fourth-order valence-electron chi connectivity index (χ4n) is 1.70. The maximum absolute atomic E-state index is 12.2. The molecule has 0 bridgehead atoms. The highest BCUT2D eigenvalue weighted by atomic mass is 32.2. The van der Waals surface area contributed by atoms with Crippen LogP contribution in [-0.2, 0) is 15.6 Å². The van der Waals surface area contributed by atoms with Gasteiger partial charge >= 0.3 is 0 Å². The van der Waals surface area contributed by atoms with Crippen molar-refractivity contribution >= 4 is 15.7 Å². The Morgan fingerprint density at radius 1 is 1.00 bits per heavy atom. The van der Waals surface area contributed by atoms with E-state index < -0.39 is 9.84 Å². The van der Waals surface area contributed by atoms with Crippen LogP contribution in [0.15, 0.2) is 53.4 Å². The molecule has 1 heterocycles. The first-order valence-corrected chi connectivity index (χ1v) is 7.55. The topological polar surface area (TPSA) is 50.3 Å². The number of nitrogens with zero attached hydrogens (tertiary/aromatic N) is 2. The van der Waals surface area contributed by atoms with Crippen molar-refractivity contribution in [2.75, 3.05) is 19.0 Å². The number of benzene rings is 1. The van der Waals surface area contributed by atoms with Crippen molar-refractivity contribution < 1.29 is 8.42 Å². The summed E-state index contributed by atoms with van der Waals surface area (Å²) in [6, 6.07) is 13.8. The van der Waals surface area contributed by atoms with Gasteiger partial charge in [0.1, 0.15) is 5.82 Å². The summed E-state index contributed by atoms with van der Waals surface area (Å²) in [7, 11) is 0.409. The lowest BCUT2D eigenvalue weighted by molar-refractivity contribution is 0.594. The Hall–Kier alpha value is -1.88. The van der Waals surface area contributed by atoms with Crippen LogP contribution in [0.25, 0.3) is 0 Å². The second-order valence-corrected chi connectivity index (χ2v) is 6.44. The lowest BCUT2D eigenvalue weighted by Gasteiger charge is -2.12. The number of hydrogen-bond acceptors (Lipinski definition) is 4. The molecule has 0 saturated carbocycles. The van der Waals surface area contributed by atoms with Crippen LogP contribution in [-0.4, -0.2) is 27.5 Å². The molecule has 100 valence electrons. The maximum atomic E-state index is 12.2. The molecule has 19 heavy (non-hydrogen) atoms. The van der Waals surface area contributed by atoms with Gasteiger partial charge in [-0.3, -0.25) is 0 Å². The minimum Gasteiger partial charge on any atom is -0.363 e. The quantitative estimate of drug-likeness (QED) is 0.858. The molecule has 5 heteroatoms. The highest BCUT2D eigenvalue weighted by molar-refractivity contribution is 7.90. The van der Waals surface area contributed by atoms with Crippen molar-refractivity contribution in [3.8, 4) is 0 Å². The molecule has 0 atom stereocenters. The number of rotatable bonds is 4. The van der Waals surface area contributed by atoms with Crippen LogP contribution in [0.2, 0.25) is 0 Å². The van der Waals surface area contributed by atoms with Crippen LogP contribution in [0.4, 0.5) is 5.82 Å². The number of aromatic nitrogens is 1. The van der Waals surface area contributed by atoms with Crippen LogP contribution in [0.1, 0.15) is 5.69 Å². The van der Waals surface area contributed by atoms with E-state index in [-0.39, 0.29) is 5.75 Å². The summed E-state index contributed by atoms with van der Waals surface area (Å²) in [6.07, 6.45) is 0. The van der Waals surface area contributed by atoms with E-state index in [1.807, 2.05) is 31.1 Å². The zero-order valence-electron chi connectivity index (χ0n) is 10.9. The van der Waals surface area contributed by atoms with Gasteiger partial charge in [-0.1, -0.05) is 24.3 Å². The standard InChI is InChI=1S/C14H16N2O2S/c1-16(2)14-10-6-7-12(15-14)11-19(17,18)13-8-4-3-5-9-13/h3-10H,11H2,1-2H3. The molecular formula is C14H16N2O2S. The predicted octanol–water partition coefficient (Wildman–Crippen LogP) is 2.12. The highest BCUT2D eigenvalue weighted by Gasteiger charge is 2.15. The van der Waals surface area contributed by atoms with Gasteiger partial charge < -0.3 is 4.90 Å². The molecular weight excluding hydrogens is 260 g/mol. The third kappa shape index (κ3) is 3.32. The summed E-state index contributed by atoms with van der Waals surface area (Å²) < 4.78 is 24.5. The van der Waals surface area contributed by atoms with E-state index in [1.165, 1.54) is 0 Å². The van der Waals surface area contributed by atoms with Gasteiger partial charge in [0.2, 0.25) is 0 Å². The molecule has 0 aliphatic rings. The normalized spacial score (nSPS) is 11.3. The van der Waals surface area contributed by atoms with Crippen LogP contribution in [0.3, 0.4) is 0 Å². The molecule has 0 radical (unpaired) electrons. The SMILES string of the molecule is CN(C)c1cccc(CS(=O)(=O)c2ccccc2)n1. The number of anilines is 1. The van der Waals surface area contributed by atoms with E-state index in [9.17, 15) is 8.42 Å². The molecule has 2 aromatic rings. The summed E-state index contributed by atoms with van der Waals surface area (Å²) in [4.78, 5) is 6.50. The summed E-state index contributed by atoms with van der Waals surface area (Å²) in [5.74, 6) is 0.666. The Labute approximate surface area is 113 Å². The van der Waals surface area contributed by atoms with Gasteiger partial charge in [-0.25, -0.2) is 13.4 Å². The Bertz CT molecular complexity index is 652. The molecule has 4 nitrogen and oxygen atoms in total. The molecule has 2 rings (SSSR count). The van der Waals surface area contributed by atoms with Gasteiger partial charge in [-0.2, -0.15) is 0 Å². The van der Waals surface area contributed by atoms with Crippen molar-refractivity contribution in [2.45, 2.75) is 10.6 Å². The molecule has 0 aliphatic heterocycles. The Morgan fingerprint density at radius 3 is 2.32 bits per heavy atom. The van der Waals surface area contributed by atoms with Crippen LogP contribution < -0.4 is 4.90 Å². The molecule has 0 fully saturated rings. The predicted molar refractivity (Wildman–Crippen MR) is 75.9 cm³/mol. The minimum atomic E-state index is -3.34. The fraction of sp³-hybridized carbons (Fsp3) is 0.214. The summed E-state index contributed by atoms with van der Waals surface area (Å²) in [5, 5.41) is 0. The van der Waals surface area contributed by atoms with Gasteiger partial charge in [0.15, 0.2) is 9.84 Å². The largest absolute Gasteiger partial charge is 0.363 e. The summed E-state index contributed by atoms with van der Waals surface area (Å²) >= 11 is 0.